The Morgan fingerprint density at radius 3 is 2.63 bits per heavy atom. The third kappa shape index (κ3) is 2.98. The molecule has 2 N–H and O–H groups in total. The van der Waals surface area contributed by atoms with Gasteiger partial charge >= 0.3 is 0 Å². The van der Waals surface area contributed by atoms with Crippen molar-refractivity contribution in [2.24, 2.45) is 0 Å². The fourth-order valence-corrected chi connectivity index (χ4v) is 4.86. The molecule has 2 aliphatic rings. The number of rotatable bonds is 4. The highest BCUT2D eigenvalue weighted by molar-refractivity contribution is 8.02. The maximum atomic E-state index is 13.2. The molecule has 2 heterocycles. The van der Waals surface area contributed by atoms with E-state index in [4.69, 9.17) is 0 Å². The molecule has 27 heavy (non-hydrogen) atoms. The molecule has 2 aromatic rings. The van der Waals surface area contributed by atoms with Gasteiger partial charge in [-0.2, -0.15) is 0 Å². The molecule has 0 aromatic heterocycles. The molecule has 138 valence electrons. The molecule has 0 spiro atoms. The fourth-order valence-electron chi connectivity index (χ4n) is 3.45. The van der Waals surface area contributed by atoms with Gasteiger partial charge in [0.15, 0.2) is 4.87 Å². The van der Waals surface area contributed by atoms with Gasteiger partial charge in [-0.25, -0.2) is 0 Å². The van der Waals surface area contributed by atoms with Crippen molar-refractivity contribution in [2.45, 2.75) is 36.0 Å². The first-order valence-electron chi connectivity index (χ1n) is 8.86. The van der Waals surface area contributed by atoms with E-state index in [9.17, 15) is 14.4 Å². The summed E-state index contributed by atoms with van der Waals surface area (Å²) in [6, 6.07) is 14.6. The molecule has 3 amide bonds. The van der Waals surface area contributed by atoms with E-state index in [1.165, 1.54) is 11.8 Å². The molecule has 6 nitrogen and oxygen atoms in total. The van der Waals surface area contributed by atoms with Crippen molar-refractivity contribution >= 4 is 46.5 Å². The molecule has 7 heteroatoms. The normalized spacial score (nSPS) is 20.2. The van der Waals surface area contributed by atoms with Crippen molar-refractivity contribution in [2.75, 3.05) is 15.5 Å². The number of thioether (sulfide) groups is 1. The van der Waals surface area contributed by atoms with Gasteiger partial charge in [-0.15, -0.1) is 0 Å². The third-order valence-corrected chi connectivity index (χ3v) is 6.23. The predicted octanol–water partition coefficient (Wildman–Crippen LogP) is 3.60. The Balaban J connectivity index is 1.59. The number of hydrogen-bond donors (Lipinski definition) is 2. The second kappa shape index (κ2) is 6.74. The van der Waals surface area contributed by atoms with E-state index in [0.717, 1.165) is 10.6 Å². The van der Waals surface area contributed by atoms with Gasteiger partial charge in [0.05, 0.1) is 5.69 Å². The molecule has 0 radical (unpaired) electrons. The molecule has 1 fully saturated rings. The van der Waals surface area contributed by atoms with E-state index in [-0.39, 0.29) is 17.7 Å². The summed E-state index contributed by atoms with van der Waals surface area (Å²) in [5.41, 5.74) is 2.00. The minimum atomic E-state index is -0.955. The summed E-state index contributed by atoms with van der Waals surface area (Å²) < 4.78 is 0. The Labute approximate surface area is 161 Å². The summed E-state index contributed by atoms with van der Waals surface area (Å²) in [7, 11) is 0. The number of benzene rings is 2. The maximum Gasteiger partial charge on any atom is 0.261 e. The van der Waals surface area contributed by atoms with E-state index >= 15 is 0 Å². The summed E-state index contributed by atoms with van der Waals surface area (Å²) in [4.78, 5) is 38.9. The molecular formula is C20H19N3O3S. The molecule has 2 aliphatic heterocycles. The van der Waals surface area contributed by atoms with Crippen molar-refractivity contribution < 1.29 is 14.4 Å². The Hall–Kier alpha value is -2.80. The zero-order chi connectivity index (χ0) is 19.0. The van der Waals surface area contributed by atoms with Crippen LogP contribution in [0.1, 0.15) is 26.2 Å². The second-order valence-corrected chi connectivity index (χ2v) is 7.84. The third-order valence-electron chi connectivity index (χ3n) is 4.75. The number of fused-ring (bicyclic) bond motifs is 3. The molecule has 0 saturated carbocycles. The van der Waals surface area contributed by atoms with E-state index < -0.39 is 4.87 Å². The summed E-state index contributed by atoms with van der Waals surface area (Å²) >= 11 is 1.43. The monoisotopic (exact) mass is 381 g/mol. The molecule has 4 rings (SSSR count). The topological polar surface area (TPSA) is 78.5 Å². The summed E-state index contributed by atoms with van der Waals surface area (Å²) in [6.45, 7) is 1.78. The maximum absolute atomic E-state index is 13.2. The average molecular weight is 381 g/mol. The standard InChI is InChI=1S/C20H19N3O3S/c1-2-17(24)21-13-6-5-7-14(12-13)22-19(26)20-11-10-18(25)23(20)15-8-3-4-9-16(15)27-20/h3-9,12H,2,10-11H2,1H3,(H,21,24)(H,22,26). The van der Waals surface area contributed by atoms with Crippen LogP contribution in [0.3, 0.4) is 0 Å². The van der Waals surface area contributed by atoms with Gasteiger partial charge in [-0.1, -0.05) is 36.9 Å². The first kappa shape index (κ1) is 17.6. The number of carbonyl (C=O) groups excluding carboxylic acids is 3. The molecule has 0 aliphatic carbocycles. The van der Waals surface area contributed by atoms with E-state index in [1.807, 2.05) is 24.3 Å². The number of anilines is 3. The van der Waals surface area contributed by atoms with Crippen LogP contribution in [0.5, 0.6) is 0 Å². The van der Waals surface area contributed by atoms with Crippen molar-refractivity contribution in [3.8, 4) is 0 Å². The highest BCUT2D eigenvalue weighted by Gasteiger charge is 2.57. The quantitative estimate of drug-likeness (QED) is 0.848. The van der Waals surface area contributed by atoms with Crippen LogP contribution < -0.4 is 15.5 Å². The zero-order valence-corrected chi connectivity index (χ0v) is 15.6. The van der Waals surface area contributed by atoms with Crippen LogP contribution in [0.2, 0.25) is 0 Å². The smallest absolute Gasteiger partial charge is 0.261 e. The number of nitrogens with zero attached hydrogens (tertiary/aromatic N) is 1. The highest BCUT2D eigenvalue weighted by atomic mass is 32.2. The lowest BCUT2D eigenvalue weighted by atomic mass is 10.1. The molecule has 2 aromatic carbocycles. The van der Waals surface area contributed by atoms with Crippen LogP contribution in [0.25, 0.3) is 0 Å². The van der Waals surface area contributed by atoms with Crippen molar-refractivity contribution in [3.05, 3.63) is 48.5 Å². The van der Waals surface area contributed by atoms with Gasteiger partial charge in [0.2, 0.25) is 11.8 Å². The van der Waals surface area contributed by atoms with Gasteiger partial charge < -0.3 is 10.6 Å². The van der Waals surface area contributed by atoms with Crippen LogP contribution in [0, 0.1) is 0 Å². The van der Waals surface area contributed by atoms with Gasteiger partial charge in [-0.05, 0) is 36.8 Å². The Morgan fingerprint density at radius 1 is 1.11 bits per heavy atom. The Morgan fingerprint density at radius 2 is 1.85 bits per heavy atom. The van der Waals surface area contributed by atoms with Crippen molar-refractivity contribution in [1.29, 1.82) is 0 Å². The fraction of sp³-hybridized carbons (Fsp3) is 0.250. The molecule has 1 atom stereocenters. The summed E-state index contributed by atoms with van der Waals surface area (Å²) in [5, 5.41) is 5.71. The lowest BCUT2D eigenvalue weighted by Crippen LogP contribution is -2.49. The molecular weight excluding hydrogens is 362 g/mol. The Bertz CT molecular complexity index is 946. The first-order valence-corrected chi connectivity index (χ1v) is 9.67. The first-order chi connectivity index (χ1) is 13.0. The SMILES string of the molecule is CCC(=O)Nc1cccc(NC(=O)C23CCC(=O)N2c2ccccc2S3)c1. The van der Waals surface area contributed by atoms with Crippen molar-refractivity contribution in [1.82, 2.24) is 0 Å². The average Bonchev–Trinajstić information content (AvgIpc) is 3.18. The number of para-hydroxylation sites is 1. The van der Waals surface area contributed by atoms with Gasteiger partial charge in [0, 0.05) is 29.1 Å². The predicted molar refractivity (Wildman–Crippen MR) is 106 cm³/mol. The number of nitrogens with one attached hydrogen (secondary N) is 2. The summed E-state index contributed by atoms with van der Waals surface area (Å²) in [6.07, 6.45) is 1.19. The van der Waals surface area contributed by atoms with Crippen LogP contribution in [0.15, 0.2) is 53.4 Å². The van der Waals surface area contributed by atoms with Gasteiger partial charge in [-0.3, -0.25) is 19.3 Å². The summed E-state index contributed by atoms with van der Waals surface area (Å²) in [5.74, 6) is -0.355. The largest absolute Gasteiger partial charge is 0.326 e. The second-order valence-electron chi connectivity index (χ2n) is 6.52. The van der Waals surface area contributed by atoms with E-state index in [0.29, 0.717) is 30.6 Å². The zero-order valence-electron chi connectivity index (χ0n) is 14.8. The number of carbonyl (C=O) groups is 3. The minimum absolute atomic E-state index is 0.0356. The highest BCUT2D eigenvalue weighted by Crippen LogP contribution is 2.56. The lowest BCUT2D eigenvalue weighted by Gasteiger charge is -2.29. The molecule has 1 saturated heterocycles. The Kier molecular flexibility index (Phi) is 4.39. The number of hydrogen-bond acceptors (Lipinski definition) is 4. The van der Waals surface area contributed by atoms with E-state index in [2.05, 4.69) is 10.6 Å². The van der Waals surface area contributed by atoms with Crippen LogP contribution >= 0.6 is 11.8 Å². The number of amides is 3. The minimum Gasteiger partial charge on any atom is -0.326 e. The van der Waals surface area contributed by atoms with Crippen LogP contribution in [-0.2, 0) is 14.4 Å². The van der Waals surface area contributed by atoms with Crippen LogP contribution in [0.4, 0.5) is 17.1 Å². The van der Waals surface area contributed by atoms with Gasteiger partial charge in [0.25, 0.3) is 5.91 Å². The molecule has 1 unspecified atom stereocenters. The van der Waals surface area contributed by atoms with E-state index in [1.54, 1.807) is 36.1 Å². The van der Waals surface area contributed by atoms with Crippen LogP contribution in [-0.4, -0.2) is 22.6 Å². The van der Waals surface area contributed by atoms with Gasteiger partial charge in [0.1, 0.15) is 0 Å². The molecule has 0 bridgehead atoms. The van der Waals surface area contributed by atoms with Crippen molar-refractivity contribution in [3.63, 3.8) is 0 Å². The lowest BCUT2D eigenvalue weighted by molar-refractivity contribution is -0.121.